The average Bonchev–Trinajstić information content (AvgIpc) is 3.01. The summed E-state index contributed by atoms with van der Waals surface area (Å²) in [5.74, 6) is 1.61. The van der Waals surface area contributed by atoms with Crippen LogP contribution in [0.4, 0.5) is 0 Å². The predicted molar refractivity (Wildman–Crippen MR) is 92.4 cm³/mol. The molecule has 2 N–H and O–H groups in total. The Balaban J connectivity index is 1.26. The van der Waals surface area contributed by atoms with Crippen LogP contribution >= 0.6 is 0 Å². The number of hydrogen-bond acceptors (Lipinski definition) is 6. The molecule has 1 saturated heterocycles. The van der Waals surface area contributed by atoms with E-state index in [1.54, 1.807) is 6.07 Å². The second-order valence-corrected chi connectivity index (χ2v) is 8.99. The Bertz CT molecular complexity index is 683. The molecule has 1 aromatic heterocycles. The predicted octanol–water partition coefficient (Wildman–Crippen LogP) is 1.32. The maximum absolute atomic E-state index is 12.8. The van der Waals surface area contributed by atoms with Gasteiger partial charge in [-0.05, 0) is 50.4 Å². The molecule has 2 atom stereocenters. The van der Waals surface area contributed by atoms with Gasteiger partial charge in [0.25, 0.3) is 5.91 Å². The zero-order valence-corrected chi connectivity index (χ0v) is 15.1. The highest BCUT2D eigenvalue weighted by molar-refractivity contribution is 5.92. The van der Waals surface area contributed by atoms with Crippen LogP contribution in [-0.4, -0.2) is 58.5 Å². The standard InChI is InChI=1S/C19H27N3O4/c23-17(16-6-15(26-21-16)11-22-1-3-25-4-2-22)20-18-7-13-5-14(8-18)10-19(24,9-13)12-18/h6,13-14,24H,1-5,7-12H2,(H,20,23)/t13-,14-,18?,19?/m0/s1. The van der Waals surface area contributed by atoms with Gasteiger partial charge in [0.15, 0.2) is 11.5 Å². The Labute approximate surface area is 153 Å². The summed E-state index contributed by atoms with van der Waals surface area (Å²) >= 11 is 0. The van der Waals surface area contributed by atoms with E-state index < -0.39 is 5.60 Å². The van der Waals surface area contributed by atoms with Crippen LogP contribution in [0.2, 0.25) is 0 Å². The lowest BCUT2D eigenvalue weighted by Gasteiger charge is -2.60. The number of hydrogen-bond donors (Lipinski definition) is 2. The first-order valence-corrected chi connectivity index (χ1v) is 9.82. The molecular weight excluding hydrogens is 334 g/mol. The summed E-state index contributed by atoms with van der Waals surface area (Å²) in [5, 5.41) is 18.1. The smallest absolute Gasteiger partial charge is 0.273 e. The molecule has 4 bridgehead atoms. The summed E-state index contributed by atoms with van der Waals surface area (Å²) in [6.07, 6.45) is 5.64. The fourth-order valence-electron chi connectivity index (χ4n) is 6.14. The van der Waals surface area contributed by atoms with Crippen LogP contribution in [0, 0.1) is 11.8 Å². The van der Waals surface area contributed by atoms with Gasteiger partial charge in [-0.15, -0.1) is 0 Å². The van der Waals surface area contributed by atoms with E-state index in [9.17, 15) is 9.90 Å². The maximum atomic E-state index is 12.8. The van der Waals surface area contributed by atoms with Gasteiger partial charge in [0, 0.05) is 24.7 Å². The molecule has 4 aliphatic carbocycles. The summed E-state index contributed by atoms with van der Waals surface area (Å²) in [6.45, 7) is 3.85. The topological polar surface area (TPSA) is 87.8 Å². The van der Waals surface area contributed by atoms with Crippen LogP contribution in [0.15, 0.2) is 10.6 Å². The molecule has 0 radical (unpaired) electrons. The number of nitrogens with one attached hydrogen (secondary N) is 1. The summed E-state index contributed by atoms with van der Waals surface area (Å²) < 4.78 is 10.7. The Morgan fingerprint density at radius 1 is 1.27 bits per heavy atom. The monoisotopic (exact) mass is 361 g/mol. The lowest BCUT2D eigenvalue weighted by atomic mass is 9.51. The Kier molecular flexibility index (Phi) is 3.88. The zero-order chi connectivity index (χ0) is 17.8. The molecule has 0 spiro atoms. The molecular formula is C19H27N3O4. The lowest BCUT2D eigenvalue weighted by molar-refractivity contribution is -0.139. The molecule has 1 aliphatic heterocycles. The Morgan fingerprint density at radius 3 is 2.69 bits per heavy atom. The molecule has 0 aromatic carbocycles. The molecule has 0 unspecified atom stereocenters. The summed E-state index contributed by atoms with van der Waals surface area (Å²) in [4.78, 5) is 15.0. The summed E-state index contributed by atoms with van der Waals surface area (Å²) in [5.41, 5.74) is -0.502. The molecule has 5 fully saturated rings. The first-order chi connectivity index (χ1) is 12.5. The number of carbonyl (C=O) groups is 1. The highest BCUT2D eigenvalue weighted by atomic mass is 16.5. The van der Waals surface area contributed by atoms with Gasteiger partial charge in [-0.25, -0.2) is 0 Å². The number of aliphatic hydroxyl groups is 1. The SMILES string of the molecule is O=C(NC12C[C@@H]3C[C@H](CC(O)(C3)C1)C2)c1cc(CN2CCOCC2)on1. The molecule has 6 rings (SSSR count). The minimum atomic E-state index is -0.581. The van der Waals surface area contributed by atoms with E-state index in [0.29, 0.717) is 36.3 Å². The summed E-state index contributed by atoms with van der Waals surface area (Å²) in [7, 11) is 0. The number of rotatable bonds is 4. The minimum absolute atomic E-state index is 0.174. The highest BCUT2D eigenvalue weighted by Gasteiger charge is 2.57. The van der Waals surface area contributed by atoms with Crippen molar-refractivity contribution >= 4 is 5.91 Å². The van der Waals surface area contributed by atoms with Crippen molar-refractivity contribution in [2.45, 2.75) is 56.2 Å². The van der Waals surface area contributed by atoms with Crippen LogP contribution in [0.1, 0.15) is 54.8 Å². The van der Waals surface area contributed by atoms with Gasteiger partial charge in [-0.3, -0.25) is 9.69 Å². The Hall–Kier alpha value is -1.44. The van der Waals surface area contributed by atoms with Gasteiger partial charge in [0.2, 0.25) is 0 Å². The zero-order valence-electron chi connectivity index (χ0n) is 15.1. The molecule has 5 aliphatic rings. The maximum Gasteiger partial charge on any atom is 0.273 e. The number of morpholine rings is 1. The second kappa shape index (κ2) is 6.04. The van der Waals surface area contributed by atoms with Crippen LogP contribution in [0.25, 0.3) is 0 Å². The minimum Gasteiger partial charge on any atom is -0.390 e. The average molecular weight is 361 g/mol. The molecule has 1 aromatic rings. The largest absolute Gasteiger partial charge is 0.390 e. The van der Waals surface area contributed by atoms with Crippen molar-refractivity contribution in [1.82, 2.24) is 15.4 Å². The van der Waals surface area contributed by atoms with Crippen molar-refractivity contribution in [3.8, 4) is 0 Å². The number of amides is 1. The summed E-state index contributed by atoms with van der Waals surface area (Å²) in [6, 6.07) is 1.75. The van der Waals surface area contributed by atoms with Gasteiger partial charge in [-0.2, -0.15) is 0 Å². The van der Waals surface area contributed by atoms with E-state index in [1.807, 2.05) is 0 Å². The van der Waals surface area contributed by atoms with Crippen molar-refractivity contribution in [2.24, 2.45) is 11.8 Å². The molecule has 7 heteroatoms. The van der Waals surface area contributed by atoms with Crippen LogP contribution in [0.3, 0.4) is 0 Å². The fourth-order valence-corrected chi connectivity index (χ4v) is 6.14. The molecule has 26 heavy (non-hydrogen) atoms. The van der Waals surface area contributed by atoms with E-state index in [4.69, 9.17) is 9.26 Å². The molecule has 7 nitrogen and oxygen atoms in total. The molecule has 4 saturated carbocycles. The van der Waals surface area contributed by atoms with Crippen molar-refractivity contribution in [3.63, 3.8) is 0 Å². The fraction of sp³-hybridized carbons (Fsp3) is 0.789. The van der Waals surface area contributed by atoms with Crippen LogP contribution < -0.4 is 5.32 Å². The van der Waals surface area contributed by atoms with E-state index in [1.165, 1.54) is 6.42 Å². The van der Waals surface area contributed by atoms with E-state index in [0.717, 1.165) is 52.0 Å². The van der Waals surface area contributed by atoms with Gasteiger partial charge < -0.3 is 19.7 Å². The van der Waals surface area contributed by atoms with Crippen molar-refractivity contribution in [1.29, 1.82) is 0 Å². The molecule has 2 heterocycles. The third kappa shape index (κ3) is 3.06. The van der Waals surface area contributed by atoms with Gasteiger partial charge in [-0.1, -0.05) is 5.16 Å². The van der Waals surface area contributed by atoms with E-state index in [-0.39, 0.29) is 11.4 Å². The highest BCUT2D eigenvalue weighted by Crippen LogP contribution is 2.57. The third-order valence-electron chi connectivity index (χ3n) is 6.68. The normalized spacial score (nSPS) is 39.3. The molecule has 142 valence electrons. The quantitative estimate of drug-likeness (QED) is 0.841. The van der Waals surface area contributed by atoms with Gasteiger partial charge in [0.1, 0.15) is 0 Å². The van der Waals surface area contributed by atoms with E-state index >= 15 is 0 Å². The van der Waals surface area contributed by atoms with E-state index in [2.05, 4.69) is 15.4 Å². The third-order valence-corrected chi connectivity index (χ3v) is 6.68. The van der Waals surface area contributed by atoms with Crippen molar-refractivity contribution in [3.05, 3.63) is 17.5 Å². The number of ether oxygens (including phenoxy) is 1. The van der Waals surface area contributed by atoms with Gasteiger partial charge >= 0.3 is 0 Å². The molecule has 1 amide bonds. The Morgan fingerprint density at radius 2 is 2.00 bits per heavy atom. The first-order valence-electron chi connectivity index (χ1n) is 9.82. The van der Waals surface area contributed by atoms with Crippen LogP contribution in [-0.2, 0) is 11.3 Å². The van der Waals surface area contributed by atoms with Crippen LogP contribution in [0.5, 0.6) is 0 Å². The van der Waals surface area contributed by atoms with Gasteiger partial charge in [0.05, 0.1) is 25.4 Å². The lowest BCUT2D eigenvalue weighted by Crippen LogP contribution is -2.65. The van der Waals surface area contributed by atoms with Crippen molar-refractivity contribution < 1.29 is 19.2 Å². The first kappa shape index (κ1) is 16.7. The van der Waals surface area contributed by atoms with Crippen molar-refractivity contribution in [2.75, 3.05) is 26.3 Å². The number of aromatic nitrogens is 1. The number of nitrogens with zero attached hydrogens (tertiary/aromatic N) is 2. The second-order valence-electron chi connectivity index (χ2n) is 8.99. The number of carbonyl (C=O) groups excluding carboxylic acids is 1.